The zero-order valence-corrected chi connectivity index (χ0v) is 20.3. The highest BCUT2D eigenvalue weighted by atomic mass is 35.5. The van der Waals surface area contributed by atoms with Gasteiger partial charge in [-0.05, 0) is 42.3 Å². The van der Waals surface area contributed by atoms with Crippen molar-refractivity contribution in [1.82, 2.24) is 24.9 Å². The first-order chi connectivity index (χ1) is 17.5. The molecule has 0 atom stereocenters. The van der Waals surface area contributed by atoms with E-state index in [1.54, 1.807) is 18.2 Å². The van der Waals surface area contributed by atoms with E-state index in [9.17, 15) is 28.0 Å². The van der Waals surface area contributed by atoms with Crippen LogP contribution in [0, 0.1) is 6.92 Å². The maximum Gasteiger partial charge on any atom is 0.404 e. The molecule has 2 aromatic heterocycles. The lowest BCUT2D eigenvalue weighted by atomic mass is 10.1. The molecule has 0 aliphatic heterocycles. The van der Waals surface area contributed by atoms with Crippen LogP contribution in [0.25, 0.3) is 0 Å². The number of alkyl halides is 2. The van der Waals surface area contributed by atoms with Gasteiger partial charge in [-0.2, -0.15) is 13.5 Å². The molecule has 0 aliphatic rings. The summed E-state index contributed by atoms with van der Waals surface area (Å²) in [6.07, 6.45) is -0.0247. The molecule has 2 amide bonds. The monoisotopic (exact) mass is 536 g/mol. The number of amides is 2. The van der Waals surface area contributed by atoms with E-state index in [0.717, 1.165) is 16.7 Å². The molecule has 11 nitrogen and oxygen atoms in total. The molecule has 0 saturated carbocycles. The largest absolute Gasteiger partial charge is 0.465 e. The number of benzene rings is 1. The maximum absolute atomic E-state index is 14.5. The third kappa shape index (κ3) is 7.13. The molecule has 3 aromatic rings. The van der Waals surface area contributed by atoms with Gasteiger partial charge in [-0.15, -0.1) is 0 Å². The first-order valence-corrected chi connectivity index (χ1v) is 11.2. The van der Waals surface area contributed by atoms with Gasteiger partial charge in [0.25, 0.3) is 5.56 Å². The minimum atomic E-state index is -3.48. The van der Waals surface area contributed by atoms with Crippen molar-refractivity contribution < 1.29 is 23.5 Å². The Morgan fingerprint density at radius 1 is 1.08 bits per heavy atom. The number of carboxylic acid groups (broad SMARTS) is 1. The topological polar surface area (TPSA) is 147 Å². The van der Waals surface area contributed by atoms with Crippen molar-refractivity contribution in [3.8, 4) is 0 Å². The lowest BCUT2D eigenvalue weighted by molar-refractivity contribution is -0.121. The molecule has 37 heavy (non-hydrogen) atoms. The molecule has 4 N–H and O–H groups in total. The van der Waals surface area contributed by atoms with Crippen LogP contribution in [0.2, 0.25) is 5.02 Å². The van der Waals surface area contributed by atoms with Crippen molar-refractivity contribution in [2.24, 2.45) is 0 Å². The molecule has 0 spiro atoms. The number of carbonyl (C=O) groups is 2. The lowest BCUT2D eigenvalue weighted by Crippen LogP contribution is -2.48. The number of hydrogen-bond acceptors (Lipinski definition) is 6. The van der Waals surface area contributed by atoms with E-state index >= 15 is 0 Å². The zero-order valence-electron chi connectivity index (χ0n) is 19.5. The summed E-state index contributed by atoms with van der Waals surface area (Å²) < 4.78 is 30.3. The fourth-order valence-corrected chi connectivity index (χ4v) is 3.56. The van der Waals surface area contributed by atoms with E-state index in [1.807, 2.05) is 0 Å². The molecule has 196 valence electrons. The number of hydrogen-bond donors (Lipinski definition) is 4. The summed E-state index contributed by atoms with van der Waals surface area (Å²) >= 11 is 6.01. The van der Waals surface area contributed by atoms with Crippen molar-refractivity contribution in [2.75, 3.05) is 12.0 Å². The van der Waals surface area contributed by atoms with Gasteiger partial charge >= 0.3 is 17.7 Å². The first-order valence-electron chi connectivity index (χ1n) is 10.9. The second-order valence-electron chi connectivity index (χ2n) is 7.93. The molecule has 2 heterocycles. The standard InChI is InChI=1S/C23H23ClF2N6O5/c1-14-8-20(34)32(30-13-23(25,26)18-4-2-3-7-27-18)22(37)31(14)12-19(33)28-11-16-9-17(24)6-5-15(16)10-29-21(35)36/h2-9,29-30H,10-13H2,1H3,(H,28,33)(H,35,36). The van der Waals surface area contributed by atoms with Crippen LogP contribution in [0.4, 0.5) is 13.6 Å². The Morgan fingerprint density at radius 2 is 1.81 bits per heavy atom. The zero-order chi connectivity index (χ0) is 27.2. The van der Waals surface area contributed by atoms with Crippen molar-refractivity contribution in [3.63, 3.8) is 0 Å². The van der Waals surface area contributed by atoms with Crippen LogP contribution >= 0.6 is 11.6 Å². The minimum Gasteiger partial charge on any atom is -0.465 e. The fourth-order valence-electron chi connectivity index (χ4n) is 3.37. The summed E-state index contributed by atoms with van der Waals surface area (Å²) in [6, 6.07) is 9.75. The van der Waals surface area contributed by atoms with Crippen LogP contribution in [0.1, 0.15) is 22.5 Å². The Hall–Kier alpha value is -4.26. The molecule has 1 aromatic carbocycles. The highest BCUT2D eigenvalue weighted by Gasteiger charge is 2.33. The van der Waals surface area contributed by atoms with Crippen molar-refractivity contribution in [3.05, 3.63) is 97.0 Å². The van der Waals surface area contributed by atoms with E-state index in [4.69, 9.17) is 16.7 Å². The van der Waals surface area contributed by atoms with Gasteiger partial charge in [0.15, 0.2) is 0 Å². The van der Waals surface area contributed by atoms with Gasteiger partial charge in [-0.1, -0.05) is 23.7 Å². The normalized spacial score (nSPS) is 11.1. The van der Waals surface area contributed by atoms with Gasteiger partial charge in [0.2, 0.25) is 5.91 Å². The Kier molecular flexibility index (Phi) is 8.60. The number of carbonyl (C=O) groups excluding carboxylic acids is 1. The maximum atomic E-state index is 14.5. The van der Waals surface area contributed by atoms with E-state index in [0.29, 0.717) is 20.8 Å². The molecule has 0 unspecified atom stereocenters. The summed E-state index contributed by atoms with van der Waals surface area (Å²) in [5.41, 5.74) is 0.983. The van der Waals surface area contributed by atoms with Crippen LogP contribution in [-0.4, -0.2) is 37.9 Å². The average molecular weight is 537 g/mol. The summed E-state index contributed by atoms with van der Waals surface area (Å²) in [4.78, 5) is 52.2. The molecule has 0 fully saturated rings. The lowest BCUT2D eigenvalue weighted by Gasteiger charge is -2.19. The van der Waals surface area contributed by atoms with Crippen molar-refractivity contribution in [2.45, 2.75) is 32.5 Å². The van der Waals surface area contributed by atoms with Crippen LogP contribution in [0.15, 0.2) is 58.3 Å². The summed E-state index contributed by atoms with van der Waals surface area (Å²) in [5.74, 6) is -4.10. The number of aromatic nitrogens is 3. The number of nitrogens with one attached hydrogen (secondary N) is 3. The van der Waals surface area contributed by atoms with Gasteiger partial charge in [0.1, 0.15) is 18.8 Å². The summed E-state index contributed by atoms with van der Waals surface area (Å²) in [7, 11) is 0. The average Bonchev–Trinajstić information content (AvgIpc) is 2.85. The molecule has 0 bridgehead atoms. The minimum absolute atomic E-state index is 0.0178. The third-order valence-corrected chi connectivity index (χ3v) is 5.51. The number of aryl methyl sites for hydroxylation is 1. The number of nitrogens with zero attached hydrogens (tertiary/aromatic N) is 3. The number of rotatable bonds is 10. The fraction of sp³-hybridized carbons (Fsp3) is 0.261. The Labute approximate surface area is 213 Å². The predicted molar refractivity (Wildman–Crippen MR) is 130 cm³/mol. The van der Waals surface area contributed by atoms with Crippen LogP contribution in [-0.2, 0) is 30.4 Å². The Bertz CT molecular complexity index is 1410. The van der Waals surface area contributed by atoms with Crippen LogP contribution < -0.4 is 27.3 Å². The highest BCUT2D eigenvalue weighted by molar-refractivity contribution is 6.30. The van der Waals surface area contributed by atoms with Crippen molar-refractivity contribution >= 4 is 23.6 Å². The SMILES string of the molecule is Cc1cc(=O)n(NCC(F)(F)c2ccccn2)c(=O)n1CC(=O)NCc1cc(Cl)ccc1CNC(=O)O. The third-order valence-electron chi connectivity index (χ3n) is 5.28. The molecular weight excluding hydrogens is 514 g/mol. The smallest absolute Gasteiger partial charge is 0.404 e. The molecule has 14 heteroatoms. The molecule has 3 rings (SSSR count). The highest BCUT2D eigenvalue weighted by Crippen LogP contribution is 2.24. The van der Waals surface area contributed by atoms with Crippen molar-refractivity contribution in [1.29, 1.82) is 0 Å². The molecule has 0 aliphatic carbocycles. The Morgan fingerprint density at radius 3 is 2.49 bits per heavy atom. The Balaban J connectivity index is 1.73. The van der Waals surface area contributed by atoms with E-state index in [2.05, 4.69) is 21.0 Å². The molecule has 0 saturated heterocycles. The molecule has 0 radical (unpaired) electrons. The second kappa shape index (κ2) is 11.6. The van der Waals surface area contributed by atoms with E-state index < -0.39 is 48.0 Å². The van der Waals surface area contributed by atoms with E-state index in [-0.39, 0.29) is 18.8 Å². The van der Waals surface area contributed by atoms with Crippen LogP contribution in [0.3, 0.4) is 0 Å². The van der Waals surface area contributed by atoms with Gasteiger partial charge < -0.3 is 21.2 Å². The van der Waals surface area contributed by atoms with Gasteiger partial charge in [-0.3, -0.25) is 19.1 Å². The van der Waals surface area contributed by atoms with Gasteiger partial charge in [0, 0.05) is 36.1 Å². The van der Waals surface area contributed by atoms with Gasteiger partial charge in [0.05, 0.1) is 0 Å². The number of pyridine rings is 1. The first kappa shape index (κ1) is 27.3. The predicted octanol–water partition coefficient (Wildman–Crippen LogP) is 1.79. The quantitative estimate of drug-likeness (QED) is 0.309. The summed E-state index contributed by atoms with van der Waals surface area (Å²) in [5, 5.41) is 14.0. The second-order valence-corrected chi connectivity index (χ2v) is 8.37. The molecular formula is C23H23ClF2N6O5. The van der Waals surface area contributed by atoms with Crippen LogP contribution in [0.5, 0.6) is 0 Å². The summed E-state index contributed by atoms with van der Waals surface area (Å²) in [6.45, 7) is -0.216. The van der Waals surface area contributed by atoms with Gasteiger partial charge in [-0.25, -0.2) is 9.59 Å². The number of halogens is 3. The van der Waals surface area contributed by atoms with E-state index in [1.165, 1.54) is 25.3 Å².